The number of carbonyl (C=O) groups is 2. The molecule has 0 N–H and O–H groups in total. The monoisotopic (exact) mass is 372 g/mol. The highest BCUT2D eigenvalue weighted by Crippen LogP contribution is 2.38. The molecule has 1 aliphatic heterocycles. The second kappa shape index (κ2) is 6.83. The van der Waals surface area contributed by atoms with Crippen LogP contribution in [0.1, 0.15) is 41.8 Å². The zero-order valence-electron chi connectivity index (χ0n) is 14.7. The lowest BCUT2D eigenvalue weighted by atomic mass is 9.93. The molecule has 1 unspecified atom stereocenters. The molecule has 1 saturated carbocycles. The van der Waals surface area contributed by atoms with Crippen LogP contribution in [0, 0.1) is 5.82 Å². The van der Waals surface area contributed by atoms with E-state index in [9.17, 15) is 14.0 Å². The zero-order valence-corrected chi connectivity index (χ0v) is 15.5. The number of thiophene rings is 1. The highest BCUT2D eigenvalue weighted by atomic mass is 32.1. The number of halogens is 1. The number of amides is 2. The van der Waals surface area contributed by atoms with Gasteiger partial charge in [0.15, 0.2) is 0 Å². The standard InChI is InChI=1S/C20H21FN2O2S/c1-13(24)23(16-6-7-16)12-19(25)22-10-8-18-17(9-11-26-18)20(22)14-2-4-15(21)5-3-14/h2-5,9,11,16,20H,6-8,10,12H2,1H3. The molecule has 4 rings (SSSR count). The topological polar surface area (TPSA) is 40.6 Å². The molecule has 0 saturated heterocycles. The Labute approximate surface area is 156 Å². The Kier molecular flexibility index (Phi) is 4.53. The minimum atomic E-state index is -0.288. The van der Waals surface area contributed by atoms with E-state index < -0.39 is 0 Å². The van der Waals surface area contributed by atoms with Crippen molar-refractivity contribution in [1.29, 1.82) is 0 Å². The predicted octanol–water partition coefficient (Wildman–Crippen LogP) is 3.37. The van der Waals surface area contributed by atoms with Crippen LogP contribution in [0.25, 0.3) is 0 Å². The van der Waals surface area contributed by atoms with Crippen molar-refractivity contribution in [2.75, 3.05) is 13.1 Å². The number of nitrogens with zero attached hydrogens (tertiary/aromatic N) is 2. The summed E-state index contributed by atoms with van der Waals surface area (Å²) in [6.07, 6.45) is 2.77. The van der Waals surface area contributed by atoms with E-state index in [0.29, 0.717) is 6.54 Å². The molecule has 6 heteroatoms. The largest absolute Gasteiger partial charge is 0.331 e. The van der Waals surface area contributed by atoms with Gasteiger partial charge in [0.25, 0.3) is 0 Å². The smallest absolute Gasteiger partial charge is 0.243 e. The summed E-state index contributed by atoms with van der Waals surface area (Å²) in [5, 5.41) is 2.04. The van der Waals surface area contributed by atoms with E-state index in [1.54, 1.807) is 28.4 Å². The van der Waals surface area contributed by atoms with Crippen molar-refractivity contribution in [2.45, 2.75) is 38.3 Å². The lowest BCUT2D eigenvalue weighted by molar-refractivity contribution is -0.141. The van der Waals surface area contributed by atoms with Crippen LogP contribution in [0.15, 0.2) is 35.7 Å². The van der Waals surface area contributed by atoms with Crippen LogP contribution in [0.2, 0.25) is 0 Å². The van der Waals surface area contributed by atoms with Crippen molar-refractivity contribution in [2.24, 2.45) is 0 Å². The SMILES string of the molecule is CC(=O)N(CC(=O)N1CCc2sccc2C1c1ccc(F)cc1)C1CC1. The third kappa shape index (κ3) is 3.26. The van der Waals surface area contributed by atoms with Crippen molar-refractivity contribution >= 4 is 23.2 Å². The van der Waals surface area contributed by atoms with E-state index in [4.69, 9.17) is 0 Å². The van der Waals surface area contributed by atoms with Crippen LogP contribution in [0.4, 0.5) is 4.39 Å². The fourth-order valence-corrected chi connectivity index (χ4v) is 4.61. The molecule has 2 amide bonds. The van der Waals surface area contributed by atoms with Gasteiger partial charge in [-0.1, -0.05) is 12.1 Å². The zero-order chi connectivity index (χ0) is 18.3. The van der Waals surface area contributed by atoms with Gasteiger partial charge in [-0.05, 0) is 54.0 Å². The first-order valence-corrected chi connectivity index (χ1v) is 9.81. The lowest BCUT2D eigenvalue weighted by Gasteiger charge is -2.37. The molecule has 2 heterocycles. The van der Waals surface area contributed by atoms with Gasteiger partial charge in [-0.15, -0.1) is 11.3 Å². The summed E-state index contributed by atoms with van der Waals surface area (Å²) in [6.45, 7) is 2.26. The third-order valence-corrected chi connectivity index (χ3v) is 6.17. The number of rotatable bonds is 4. The summed E-state index contributed by atoms with van der Waals surface area (Å²) in [4.78, 5) is 29.8. The highest BCUT2D eigenvalue weighted by molar-refractivity contribution is 7.10. The molecule has 0 bridgehead atoms. The van der Waals surface area contributed by atoms with Crippen LogP contribution in [0.3, 0.4) is 0 Å². The molecule has 1 aromatic carbocycles. The first kappa shape index (κ1) is 17.2. The van der Waals surface area contributed by atoms with Crippen molar-refractivity contribution in [1.82, 2.24) is 9.80 Å². The van der Waals surface area contributed by atoms with Gasteiger partial charge in [-0.25, -0.2) is 4.39 Å². The van der Waals surface area contributed by atoms with E-state index in [1.807, 2.05) is 10.3 Å². The molecule has 136 valence electrons. The van der Waals surface area contributed by atoms with E-state index in [0.717, 1.165) is 30.4 Å². The average Bonchev–Trinajstić information content (AvgIpc) is 3.35. The molecule has 26 heavy (non-hydrogen) atoms. The molecule has 4 nitrogen and oxygen atoms in total. The van der Waals surface area contributed by atoms with Crippen LogP contribution in [-0.2, 0) is 16.0 Å². The predicted molar refractivity (Wildman–Crippen MR) is 98.4 cm³/mol. The number of hydrogen-bond donors (Lipinski definition) is 0. The molecular weight excluding hydrogens is 351 g/mol. The molecular formula is C20H21FN2O2S. The van der Waals surface area contributed by atoms with Crippen molar-refractivity contribution < 1.29 is 14.0 Å². The number of fused-ring (bicyclic) bond motifs is 1. The molecule has 0 radical (unpaired) electrons. The minimum absolute atomic E-state index is 0.0433. The fourth-order valence-electron chi connectivity index (χ4n) is 3.71. The van der Waals surface area contributed by atoms with Gasteiger partial charge in [0.2, 0.25) is 11.8 Å². The lowest BCUT2D eigenvalue weighted by Crippen LogP contribution is -2.47. The fraction of sp³-hybridized carbons (Fsp3) is 0.400. The summed E-state index contributed by atoms with van der Waals surface area (Å²) in [7, 11) is 0. The Morgan fingerprint density at radius 1 is 1.23 bits per heavy atom. The number of carbonyl (C=O) groups excluding carboxylic acids is 2. The molecule has 1 aliphatic carbocycles. The third-order valence-electron chi connectivity index (χ3n) is 5.17. The van der Waals surface area contributed by atoms with Gasteiger partial charge < -0.3 is 9.80 Å². The highest BCUT2D eigenvalue weighted by Gasteiger charge is 2.37. The maximum absolute atomic E-state index is 13.4. The van der Waals surface area contributed by atoms with Gasteiger partial charge in [-0.3, -0.25) is 9.59 Å². The van der Waals surface area contributed by atoms with Gasteiger partial charge in [0.05, 0.1) is 6.04 Å². The summed E-state index contributed by atoms with van der Waals surface area (Å²) in [5.41, 5.74) is 2.02. The maximum atomic E-state index is 13.4. The van der Waals surface area contributed by atoms with Crippen LogP contribution >= 0.6 is 11.3 Å². The quantitative estimate of drug-likeness (QED) is 0.826. The molecule has 1 atom stereocenters. The first-order valence-electron chi connectivity index (χ1n) is 8.93. The van der Waals surface area contributed by atoms with E-state index in [-0.39, 0.29) is 36.3 Å². The van der Waals surface area contributed by atoms with E-state index >= 15 is 0 Å². The minimum Gasteiger partial charge on any atom is -0.331 e. The molecule has 0 spiro atoms. The molecule has 2 aromatic rings. The summed E-state index contributed by atoms with van der Waals surface area (Å²) >= 11 is 1.70. The van der Waals surface area contributed by atoms with Gasteiger partial charge in [-0.2, -0.15) is 0 Å². The molecule has 2 aliphatic rings. The van der Waals surface area contributed by atoms with Crippen LogP contribution in [-0.4, -0.2) is 40.7 Å². The van der Waals surface area contributed by atoms with Crippen LogP contribution in [0.5, 0.6) is 0 Å². The van der Waals surface area contributed by atoms with Gasteiger partial charge in [0.1, 0.15) is 12.4 Å². The van der Waals surface area contributed by atoms with Gasteiger partial charge >= 0.3 is 0 Å². The van der Waals surface area contributed by atoms with Crippen LogP contribution < -0.4 is 0 Å². The number of hydrogen-bond acceptors (Lipinski definition) is 3. The Bertz CT molecular complexity index is 829. The van der Waals surface area contributed by atoms with Crippen molar-refractivity contribution in [3.8, 4) is 0 Å². The van der Waals surface area contributed by atoms with E-state index in [2.05, 4.69) is 6.07 Å². The maximum Gasteiger partial charge on any atom is 0.243 e. The van der Waals surface area contributed by atoms with Gasteiger partial charge in [0, 0.05) is 24.4 Å². The summed E-state index contributed by atoms with van der Waals surface area (Å²) in [5.74, 6) is -0.379. The average molecular weight is 372 g/mol. The number of benzene rings is 1. The normalized spacial score (nSPS) is 19.2. The van der Waals surface area contributed by atoms with E-state index in [1.165, 1.54) is 23.9 Å². The Hall–Kier alpha value is -2.21. The summed E-state index contributed by atoms with van der Waals surface area (Å²) in [6, 6.07) is 8.41. The second-order valence-electron chi connectivity index (χ2n) is 6.97. The van der Waals surface area contributed by atoms with Crippen molar-refractivity contribution in [3.05, 3.63) is 57.5 Å². The Balaban J connectivity index is 1.64. The summed E-state index contributed by atoms with van der Waals surface area (Å²) < 4.78 is 13.4. The van der Waals surface area contributed by atoms with Crippen molar-refractivity contribution in [3.63, 3.8) is 0 Å². The second-order valence-corrected chi connectivity index (χ2v) is 7.97. The molecule has 1 aromatic heterocycles. The molecule has 1 fully saturated rings. The Morgan fingerprint density at radius 3 is 2.62 bits per heavy atom. The Morgan fingerprint density at radius 2 is 1.96 bits per heavy atom. The first-order chi connectivity index (χ1) is 12.5.